The minimum Gasteiger partial charge on any atom is -0.339 e. The number of likely N-dealkylation sites (tertiary alicyclic amines) is 1. The van der Waals surface area contributed by atoms with Crippen LogP contribution in [0.5, 0.6) is 0 Å². The summed E-state index contributed by atoms with van der Waals surface area (Å²) in [4.78, 5) is 31.6. The second-order valence-electron chi connectivity index (χ2n) is 7.23. The van der Waals surface area contributed by atoms with Gasteiger partial charge in [0.05, 0.1) is 6.54 Å². The zero-order valence-corrected chi connectivity index (χ0v) is 18.3. The number of piperidine rings is 1. The Morgan fingerprint density at radius 3 is 2.61 bits per heavy atom. The molecule has 0 saturated carbocycles. The maximum absolute atomic E-state index is 13.4. The molecule has 8 heteroatoms. The maximum atomic E-state index is 13.4. The lowest BCUT2D eigenvalue weighted by Gasteiger charge is -2.42. The van der Waals surface area contributed by atoms with Crippen LogP contribution in [-0.4, -0.2) is 78.9 Å². The van der Waals surface area contributed by atoms with Gasteiger partial charge in [-0.25, -0.2) is 0 Å². The largest absolute Gasteiger partial charge is 0.339 e. The van der Waals surface area contributed by atoms with Gasteiger partial charge in [0.15, 0.2) is 0 Å². The minimum atomic E-state index is -0.265. The normalized spacial score (nSPS) is 21.0. The molecule has 1 aromatic carbocycles. The molecule has 6 nitrogen and oxygen atoms in total. The highest BCUT2D eigenvalue weighted by molar-refractivity contribution is 5.86. The lowest BCUT2D eigenvalue weighted by molar-refractivity contribution is -0.143. The first-order chi connectivity index (χ1) is 12.6. The van der Waals surface area contributed by atoms with Crippen molar-refractivity contribution in [2.45, 2.75) is 31.8 Å². The molecule has 158 valence electrons. The van der Waals surface area contributed by atoms with Crippen molar-refractivity contribution >= 4 is 36.6 Å². The Morgan fingerprint density at radius 1 is 1.25 bits per heavy atom. The number of rotatable bonds is 5. The molecule has 0 bridgehead atoms. The van der Waals surface area contributed by atoms with Crippen molar-refractivity contribution in [2.75, 3.05) is 46.3 Å². The molecule has 0 radical (unpaired) electrons. The lowest BCUT2D eigenvalue weighted by atomic mass is 9.99. The summed E-state index contributed by atoms with van der Waals surface area (Å²) in [5.74, 6) is 0.300. The van der Waals surface area contributed by atoms with E-state index in [9.17, 15) is 9.59 Å². The molecular weight excluding hydrogens is 399 g/mol. The highest BCUT2D eigenvalue weighted by Gasteiger charge is 2.35. The zero-order chi connectivity index (χ0) is 18.5. The molecule has 2 amide bonds. The van der Waals surface area contributed by atoms with Gasteiger partial charge in [-0.1, -0.05) is 37.3 Å². The van der Waals surface area contributed by atoms with Crippen LogP contribution in [-0.2, 0) is 9.59 Å². The molecule has 2 unspecified atom stereocenters. The fourth-order valence-electron chi connectivity index (χ4n) is 3.99. The second kappa shape index (κ2) is 11.6. The van der Waals surface area contributed by atoms with Crippen molar-refractivity contribution < 1.29 is 9.59 Å². The number of likely N-dealkylation sites (N-methyl/N-ethyl adjacent to an activating group) is 1. The summed E-state index contributed by atoms with van der Waals surface area (Å²) >= 11 is 0. The topological polar surface area (TPSA) is 55.9 Å². The van der Waals surface area contributed by atoms with E-state index in [0.717, 1.165) is 44.6 Å². The molecule has 1 aromatic rings. The van der Waals surface area contributed by atoms with E-state index < -0.39 is 0 Å². The maximum Gasteiger partial charge on any atom is 0.244 e. The number of nitrogens with one attached hydrogen (secondary N) is 1. The number of halogens is 2. The summed E-state index contributed by atoms with van der Waals surface area (Å²) in [5, 5.41) is 3.12. The number of carbonyl (C=O) groups is 2. The Labute approximate surface area is 180 Å². The van der Waals surface area contributed by atoms with Gasteiger partial charge in [0.2, 0.25) is 11.8 Å². The van der Waals surface area contributed by atoms with Gasteiger partial charge in [0, 0.05) is 32.2 Å². The first kappa shape index (κ1) is 24.7. The molecule has 3 rings (SSSR count). The van der Waals surface area contributed by atoms with Gasteiger partial charge in [0.1, 0.15) is 6.04 Å². The van der Waals surface area contributed by atoms with Crippen LogP contribution < -0.4 is 5.32 Å². The van der Waals surface area contributed by atoms with Crippen LogP contribution in [0.2, 0.25) is 0 Å². The van der Waals surface area contributed by atoms with Crippen LogP contribution in [0, 0.1) is 0 Å². The molecule has 0 spiro atoms. The molecule has 2 aliphatic rings. The number of amides is 2. The van der Waals surface area contributed by atoms with Gasteiger partial charge in [0.25, 0.3) is 0 Å². The summed E-state index contributed by atoms with van der Waals surface area (Å²) in [7, 11) is 2.00. The van der Waals surface area contributed by atoms with Crippen molar-refractivity contribution in [1.29, 1.82) is 0 Å². The van der Waals surface area contributed by atoms with E-state index in [1.165, 1.54) is 0 Å². The second-order valence-corrected chi connectivity index (χ2v) is 7.23. The quantitative estimate of drug-likeness (QED) is 0.775. The molecule has 0 aromatic heterocycles. The molecule has 0 aliphatic carbocycles. The molecule has 2 fully saturated rings. The van der Waals surface area contributed by atoms with Crippen LogP contribution >= 0.6 is 24.8 Å². The first-order valence-corrected chi connectivity index (χ1v) is 9.66. The third-order valence-electron chi connectivity index (χ3n) is 5.56. The third-order valence-corrected chi connectivity index (χ3v) is 5.56. The van der Waals surface area contributed by atoms with Gasteiger partial charge >= 0.3 is 0 Å². The van der Waals surface area contributed by atoms with Gasteiger partial charge in [-0.05, 0) is 32.0 Å². The Balaban J connectivity index is 0.00000196. The molecular formula is C20H32Cl2N4O2. The number of piperazine rings is 1. The van der Waals surface area contributed by atoms with E-state index in [-0.39, 0.29) is 48.7 Å². The molecule has 2 heterocycles. The van der Waals surface area contributed by atoms with Gasteiger partial charge < -0.3 is 15.1 Å². The predicted octanol–water partition coefficient (Wildman–Crippen LogP) is 1.95. The highest BCUT2D eigenvalue weighted by Crippen LogP contribution is 2.25. The number of carbonyl (C=O) groups excluding carboxylic acids is 2. The van der Waals surface area contributed by atoms with E-state index in [2.05, 4.69) is 17.1 Å². The minimum absolute atomic E-state index is 0. The number of hydrogen-bond donors (Lipinski definition) is 1. The van der Waals surface area contributed by atoms with Crippen molar-refractivity contribution in [2.24, 2.45) is 0 Å². The van der Waals surface area contributed by atoms with Gasteiger partial charge in [-0.15, -0.1) is 24.8 Å². The monoisotopic (exact) mass is 430 g/mol. The molecule has 1 N–H and O–H groups in total. The van der Waals surface area contributed by atoms with Crippen LogP contribution in [0.25, 0.3) is 0 Å². The predicted molar refractivity (Wildman–Crippen MR) is 116 cm³/mol. The van der Waals surface area contributed by atoms with E-state index in [1.807, 2.05) is 47.2 Å². The third kappa shape index (κ3) is 5.60. The molecule has 2 aliphatic heterocycles. The number of hydrogen-bond acceptors (Lipinski definition) is 4. The fourth-order valence-corrected chi connectivity index (χ4v) is 3.99. The first-order valence-electron chi connectivity index (χ1n) is 9.66. The van der Waals surface area contributed by atoms with Crippen molar-refractivity contribution in [3.05, 3.63) is 35.9 Å². The number of nitrogens with zero attached hydrogens (tertiary/aromatic N) is 3. The van der Waals surface area contributed by atoms with E-state index in [0.29, 0.717) is 13.1 Å². The smallest absolute Gasteiger partial charge is 0.244 e. The SMILES string of the molecule is CCN(C)C(C(=O)N1CCCC(N2CCNCC2=O)C1)c1ccccc1.Cl.Cl. The summed E-state index contributed by atoms with van der Waals surface area (Å²) in [6.07, 6.45) is 1.93. The van der Waals surface area contributed by atoms with Gasteiger partial charge in [-0.3, -0.25) is 14.5 Å². The van der Waals surface area contributed by atoms with Crippen molar-refractivity contribution in [1.82, 2.24) is 20.0 Å². The van der Waals surface area contributed by atoms with Crippen LogP contribution in [0.15, 0.2) is 30.3 Å². The summed E-state index contributed by atoms with van der Waals surface area (Å²) in [5.41, 5.74) is 1.03. The molecule has 28 heavy (non-hydrogen) atoms. The molecule has 2 saturated heterocycles. The average Bonchev–Trinajstić information content (AvgIpc) is 2.69. The Hall–Kier alpha value is -1.34. The Bertz CT molecular complexity index is 632. The Kier molecular flexibility index (Phi) is 10.2. The van der Waals surface area contributed by atoms with E-state index >= 15 is 0 Å². The summed E-state index contributed by atoms with van der Waals surface area (Å²) in [6, 6.07) is 9.87. The van der Waals surface area contributed by atoms with Crippen molar-refractivity contribution in [3.63, 3.8) is 0 Å². The van der Waals surface area contributed by atoms with Gasteiger partial charge in [-0.2, -0.15) is 0 Å². The Morgan fingerprint density at radius 2 is 1.96 bits per heavy atom. The van der Waals surface area contributed by atoms with Crippen LogP contribution in [0.1, 0.15) is 31.4 Å². The van der Waals surface area contributed by atoms with Crippen LogP contribution in [0.4, 0.5) is 0 Å². The fraction of sp³-hybridized carbons (Fsp3) is 0.600. The zero-order valence-electron chi connectivity index (χ0n) is 16.7. The van der Waals surface area contributed by atoms with E-state index in [1.54, 1.807) is 0 Å². The highest BCUT2D eigenvalue weighted by atomic mass is 35.5. The summed E-state index contributed by atoms with van der Waals surface area (Å²) < 4.78 is 0. The van der Waals surface area contributed by atoms with Crippen molar-refractivity contribution in [3.8, 4) is 0 Å². The molecule has 2 atom stereocenters. The summed E-state index contributed by atoms with van der Waals surface area (Å²) in [6.45, 7) is 6.28. The average molecular weight is 431 g/mol. The van der Waals surface area contributed by atoms with E-state index in [4.69, 9.17) is 0 Å². The van der Waals surface area contributed by atoms with Crippen LogP contribution in [0.3, 0.4) is 0 Å². The number of benzene rings is 1. The standard InChI is InChI=1S/C20H30N4O2.2ClH/c1-3-22(2)19(16-8-5-4-6-9-16)20(26)23-12-7-10-17(15-23)24-13-11-21-14-18(24)25;;/h4-6,8-9,17,19,21H,3,7,10-15H2,1-2H3;2*1H. The lowest BCUT2D eigenvalue weighted by Crippen LogP contribution is -2.58.